The summed E-state index contributed by atoms with van der Waals surface area (Å²) in [4.78, 5) is 29.8. The summed E-state index contributed by atoms with van der Waals surface area (Å²) in [6.07, 6.45) is -0.314. The highest BCUT2D eigenvalue weighted by Gasteiger charge is 2.30. The van der Waals surface area contributed by atoms with E-state index in [1.165, 1.54) is 24.3 Å². The van der Waals surface area contributed by atoms with Crippen molar-refractivity contribution in [2.24, 2.45) is 5.92 Å². The lowest BCUT2D eigenvalue weighted by molar-refractivity contribution is 0.0165. The minimum atomic E-state index is -3.84. The van der Waals surface area contributed by atoms with Crippen LogP contribution in [0, 0.1) is 5.92 Å². The molecule has 3 rings (SSSR count). The molecule has 0 saturated heterocycles. The fourth-order valence-electron chi connectivity index (χ4n) is 4.26. The van der Waals surface area contributed by atoms with Crippen molar-refractivity contribution in [2.45, 2.75) is 50.8 Å². The number of nitrogens with zero attached hydrogens (tertiary/aromatic N) is 2. The number of benzene rings is 2. The number of sulfonamides is 1. The summed E-state index contributed by atoms with van der Waals surface area (Å²) in [5.41, 5.74) is 0.532. The third-order valence-corrected chi connectivity index (χ3v) is 7.82. The Morgan fingerprint density at radius 2 is 1.79 bits per heavy atom. The van der Waals surface area contributed by atoms with E-state index in [0.29, 0.717) is 13.1 Å². The Hall–Kier alpha value is -3.31. The molecule has 3 atom stereocenters. The van der Waals surface area contributed by atoms with E-state index < -0.39 is 10.0 Å². The molecule has 0 radical (unpaired) electrons. The maximum Gasteiger partial charge on any atom is 0.317 e. The van der Waals surface area contributed by atoms with Gasteiger partial charge < -0.3 is 24.6 Å². The first-order valence-electron chi connectivity index (χ1n) is 12.6. The van der Waals surface area contributed by atoms with Gasteiger partial charge in [0.15, 0.2) is 0 Å². The van der Waals surface area contributed by atoms with Crippen molar-refractivity contribution in [3.05, 3.63) is 54.1 Å². The van der Waals surface area contributed by atoms with Crippen LogP contribution in [0.5, 0.6) is 5.75 Å². The SMILES string of the molecule is CO[C@@H]1CN(C)C(=O)c2ccc(NS(=O)(=O)c3ccccc3)cc2OC[C@@H](C)N(C(=O)NC(C)C)C[C@H]1C. The molecule has 0 aliphatic carbocycles. The van der Waals surface area contributed by atoms with E-state index in [9.17, 15) is 18.0 Å². The fraction of sp³-hybridized carbons (Fsp3) is 0.481. The van der Waals surface area contributed by atoms with Crippen LogP contribution in [0.2, 0.25) is 0 Å². The third kappa shape index (κ3) is 7.16. The zero-order valence-corrected chi connectivity index (χ0v) is 23.6. The molecule has 1 aliphatic rings. The number of hydrogen-bond acceptors (Lipinski definition) is 6. The number of fused-ring (bicyclic) bond motifs is 1. The van der Waals surface area contributed by atoms with Crippen molar-refractivity contribution < 1.29 is 27.5 Å². The highest BCUT2D eigenvalue weighted by molar-refractivity contribution is 7.92. The largest absolute Gasteiger partial charge is 0.491 e. The minimum Gasteiger partial charge on any atom is -0.491 e. The molecule has 208 valence electrons. The highest BCUT2D eigenvalue weighted by atomic mass is 32.2. The van der Waals surface area contributed by atoms with E-state index in [2.05, 4.69) is 10.0 Å². The van der Waals surface area contributed by atoms with Crippen LogP contribution in [0.4, 0.5) is 10.5 Å². The van der Waals surface area contributed by atoms with E-state index >= 15 is 0 Å². The number of likely N-dealkylation sites (N-methyl/N-ethyl adjacent to an activating group) is 1. The van der Waals surface area contributed by atoms with Gasteiger partial charge in [0.05, 0.1) is 28.3 Å². The summed E-state index contributed by atoms with van der Waals surface area (Å²) >= 11 is 0. The average Bonchev–Trinajstić information content (AvgIpc) is 2.87. The van der Waals surface area contributed by atoms with Crippen molar-refractivity contribution >= 4 is 27.6 Å². The van der Waals surface area contributed by atoms with Gasteiger partial charge in [-0.05, 0) is 45.0 Å². The van der Waals surface area contributed by atoms with Crippen molar-refractivity contribution in [1.29, 1.82) is 0 Å². The second kappa shape index (κ2) is 12.5. The zero-order chi connectivity index (χ0) is 28.0. The van der Waals surface area contributed by atoms with E-state index in [-0.39, 0.29) is 64.5 Å². The predicted molar refractivity (Wildman–Crippen MR) is 146 cm³/mol. The van der Waals surface area contributed by atoms with Gasteiger partial charge in [-0.25, -0.2) is 13.2 Å². The monoisotopic (exact) mass is 546 g/mol. The molecule has 2 aromatic carbocycles. The first kappa shape index (κ1) is 29.2. The number of amides is 3. The van der Waals surface area contributed by atoms with Gasteiger partial charge in [-0.15, -0.1) is 0 Å². The molecule has 0 aromatic heterocycles. The van der Waals surface area contributed by atoms with Crippen LogP contribution in [0.1, 0.15) is 38.1 Å². The standard InChI is InChI=1S/C27H38N4O6S/c1-18(2)28-27(33)31-15-19(3)25(36-6)16-30(5)26(32)23-13-12-21(14-24(23)37-17-20(31)4)29-38(34,35)22-10-8-7-9-11-22/h7-14,18-20,25,29H,15-17H2,1-6H3,(H,28,33)/t19-,20-,25-/m1/s1. The smallest absolute Gasteiger partial charge is 0.317 e. The molecule has 0 fully saturated rings. The van der Waals surface area contributed by atoms with Crippen molar-refractivity contribution in [1.82, 2.24) is 15.1 Å². The number of carbonyl (C=O) groups excluding carboxylic acids is 2. The fourth-order valence-corrected chi connectivity index (χ4v) is 5.33. The van der Waals surface area contributed by atoms with Gasteiger partial charge in [0.2, 0.25) is 0 Å². The zero-order valence-electron chi connectivity index (χ0n) is 22.8. The maximum atomic E-state index is 13.4. The van der Waals surface area contributed by atoms with Crippen molar-refractivity contribution in [3.63, 3.8) is 0 Å². The Morgan fingerprint density at radius 3 is 2.42 bits per heavy atom. The third-order valence-electron chi connectivity index (χ3n) is 6.43. The summed E-state index contributed by atoms with van der Waals surface area (Å²) in [5, 5.41) is 2.94. The Morgan fingerprint density at radius 1 is 1.11 bits per heavy atom. The molecule has 0 unspecified atom stereocenters. The molecular weight excluding hydrogens is 508 g/mol. The molecule has 0 saturated carbocycles. The van der Waals surface area contributed by atoms with Crippen molar-refractivity contribution in [3.8, 4) is 5.75 Å². The van der Waals surface area contributed by atoms with Gasteiger partial charge in [0.25, 0.3) is 15.9 Å². The first-order valence-corrected chi connectivity index (χ1v) is 14.1. The summed E-state index contributed by atoms with van der Waals surface area (Å²) in [5.74, 6) is -0.132. The number of carbonyl (C=O) groups is 2. The van der Waals surface area contributed by atoms with E-state index in [1.807, 2.05) is 27.7 Å². The van der Waals surface area contributed by atoms with Gasteiger partial charge in [0.1, 0.15) is 12.4 Å². The molecule has 10 nitrogen and oxygen atoms in total. The lowest BCUT2D eigenvalue weighted by Crippen LogP contribution is -2.52. The van der Waals surface area contributed by atoms with E-state index in [4.69, 9.17) is 9.47 Å². The van der Waals surface area contributed by atoms with Gasteiger partial charge in [-0.2, -0.15) is 0 Å². The van der Waals surface area contributed by atoms with Crippen LogP contribution in [0.15, 0.2) is 53.4 Å². The molecule has 11 heteroatoms. The minimum absolute atomic E-state index is 0.0461. The number of methoxy groups -OCH3 is 1. The predicted octanol–water partition coefficient (Wildman–Crippen LogP) is 3.41. The molecule has 2 N–H and O–H groups in total. The second-order valence-electron chi connectivity index (χ2n) is 9.98. The molecule has 38 heavy (non-hydrogen) atoms. The Bertz CT molecular complexity index is 1220. The number of anilines is 1. The molecule has 1 aliphatic heterocycles. The number of hydrogen-bond donors (Lipinski definition) is 2. The highest BCUT2D eigenvalue weighted by Crippen LogP contribution is 2.28. The molecule has 3 amide bonds. The average molecular weight is 547 g/mol. The summed E-state index contributed by atoms with van der Waals surface area (Å²) in [6, 6.07) is 12.0. The lowest BCUT2D eigenvalue weighted by Gasteiger charge is -2.36. The van der Waals surface area contributed by atoms with Crippen LogP contribution in [0.3, 0.4) is 0 Å². The number of rotatable bonds is 5. The van der Waals surface area contributed by atoms with Crippen LogP contribution in [-0.2, 0) is 14.8 Å². The van der Waals surface area contributed by atoms with Gasteiger partial charge in [-0.1, -0.05) is 25.1 Å². The van der Waals surface area contributed by atoms with E-state index in [0.717, 1.165) is 0 Å². The Balaban J connectivity index is 1.98. The van der Waals surface area contributed by atoms with Crippen LogP contribution in [-0.4, -0.2) is 82.2 Å². The molecule has 1 heterocycles. The molecule has 2 aromatic rings. The van der Waals surface area contributed by atoms with Crippen molar-refractivity contribution in [2.75, 3.05) is 38.6 Å². The second-order valence-corrected chi connectivity index (χ2v) is 11.7. The van der Waals surface area contributed by atoms with Gasteiger partial charge in [0, 0.05) is 45.3 Å². The van der Waals surface area contributed by atoms with Gasteiger partial charge >= 0.3 is 6.03 Å². The lowest BCUT2D eigenvalue weighted by atomic mass is 10.0. The molecular formula is C27H38N4O6S. The maximum absolute atomic E-state index is 13.4. The molecule has 0 bridgehead atoms. The van der Waals surface area contributed by atoms with Crippen LogP contribution < -0.4 is 14.8 Å². The first-order chi connectivity index (χ1) is 17.9. The Labute approximate surface area is 225 Å². The Kier molecular flexibility index (Phi) is 9.61. The summed E-state index contributed by atoms with van der Waals surface area (Å²) < 4.78 is 40.1. The summed E-state index contributed by atoms with van der Waals surface area (Å²) in [6.45, 7) is 8.43. The van der Waals surface area contributed by atoms with Crippen LogP contribution >= 0.6 is 0 Å². The topological polar surface area (TPSA) is 117 Å². The number of urea groups is 1. The number of nitrogens with one attached hydrogen (secondary N) is 2. The normalized spacial score (nSPS) is 21.1. The molecule has 0 spiro atoms. The van der Waals surface area contributed by atoms with Gasteiger partial charge in [-0.3, -0.25) is 9.52 Å². The van der Waals surface area contributed by atoms with E-state index in [1.54, 1.807) is 48.2 Å². The summed E-state index contributed by atoms with van der Waals surface area (Å²) in [7, 11) is -0.574. The number of ether oxygens (including phenoxy) is 2. The quantitative estimate of drug-likeness (QED) is 0.594. The van der Waals surface area contributed by atoms with Crippen LogP contribution in [0.25, 0.3) is 0 Å².